The first-order valence-corrected chi connectivity index (χ1v) is 11.2. The Labute approximate surface area is 177 Å². The summed E-state index contributed by atoms with van der Waals surface area (Å²) in [5.41, 5.74) is 0.821. The van der Waals surface area contributed by atoms with Gasteiger partial charge in [0.15, 0.2) is 0 Å². The van der Waals surface area contributed by atoms with E-state index in [1.54, 1.807) is 12.1 Å². The third kappa shape index (κ3) is 5.58. The van der Waals surface area contributed by atoms with Crippen LogP contribution in [0, 0.1) is 11.7 Å². The van der Waals surface area contributed by atoms with E-state index in [1.807, 2.05) is 4.90 Å². The van der Waals surface area contributed by atoms with E-state index < -0.39 is 0 Å². The predicted octanol–water partition coefficient (Wildman–Crippen LogP) is 1.93. The molecule has 1 saturated carbocycles. The van der Waals surface area contributed by atoms with Crippen molar-refractivity contribution in [3.63, 3.8) is 0 Å². The lowest BCUT2D eigenvalue weighted by atomic mass is 10.0. The van der Waals surface area contributed by atoms with Crippen LogP contribution in [0.4, 0.5) is 4.39 Å². The Hall–Kier alpha value is -1.99. The van der Waals surface area contributed by atoms with E-state index in [0.29, 0.717) is 6.54 Å². The first-order chi connectivity index (χ1) is 14.6. The summed E-state index contributed by atoms with van der Waals surface area (Å²) in [5, 5.41) is 0. The van der Waals surface area contributed by atoms with Gasteiger partial charge in [0, 0.05) is 51.2 Å². The van der Waals surface area contributed by atoms with Crippen LogP contribution in [0.15, 0.2) is 24.3 Å². The second-order valence-corrected chi connectivity index (χ2v) is 8.70. The van der Waals surface area contributed by atoms with Crippen LogP contribution in [0.25, 0.3) is 0 Å². The lowest BCUT2D eigenvalue weighted by molar-refractivity contribution is -0.140. The van der Waals surface area contributed by atoms with Crippen LogP contribution in [0.3, 0.4) is 0 Å². The molecule has 1 aromatic carbocycles. The minimum absolute atomic E-state index is 0.0540. The molecule has 7 heteroatoms. The van der Waals surface area contributed by atoms with E-state index in [2.05, 4.69) is 9.80 Å². The topological polar surface area (TPSA) is 53.1 Å². The SMILES string of the molecule is O=C(Cc1ccc(F)cc1)N1CCCC(N(CCN2CCOCC2)C(=O)C2CC2)C1. The van der Waals surface area contributed by atoms with Crippen molar-refractivity contribution in [1.29, 1.82) is 0 Å². The van der Waals surface area contributed by atoms with Crippen LogP contribution >= 0.6 is 0 Å². The number of carbonyl (C=O) groups is 2. The van der Waals surface area contributed by atoms with E-state index in [9.17, 15) is 14.0 Å². The number of ether oxygens (including phenoxy) is 1. The van der Waals surface area contributed by atoms with Crippen LogP contribution < -0.4 is 0 Å². The van der Waals surface area contributed by atoms with Gasteiger partial charge in [-0.25, -0.2) is 4.39 Å². The number of hydrogen-bond donors (Lipinski definition) is 0. The molecule has 1 atom stereocenters. The number of amides is 2. The molecule has 2 saturated heterocycles. The van der Waals surface area contributed by atoms with Gasteiger partial charge in [0.25, 0.3) is 0 Å². The summed E-state index contributed by atoms with van der Waals surface area (Å²) in [4.78, 5) is 32.2. The van der Waals surface area contributed by atoms with Gasteiger partial charge in [0.2, 0.25) is 11.8 Å². The molecule has 0 bridgehead atoms. The molecule has 2 aliphatic heterocycles. The largest absolute Gasteiger partial charge is 0.379 e. The van der Waals surface area contributed by atoms with Gasteiger partial charge >= 0.3 is 0 Å². The molecule has 4 rings (SSSR count). The summed E-state index contributed by atoms with van der Waals surface area (Å²) < 4.78 is 18.6. The van der Waals surface area contributed by atoms with Crippen molar-refractivity contribution in [3.8, 4) is 0 Å². The zero-order valence-corrected chi connectivity index (χ0v) is 17.6. The molecule has 3 fully saturated rings. The van der Waals surface area contributed by atoms with Crippen molar-refractivity contribution in [3.05, 3.63) is 35.6 Å². The molecule has 0 aromatic heterocycles. The average molecular weight is 418 g/mol. The average Bonchev–Trinajstić information content (AvgIpc) is 3.62. The number of rotatable bonds is 7. The maximum atomic E-state index is 13.1. The number of carbonyl (C=O) groups excluding carboxylic acids is 2. The van der Waals surface area contributed by atoms with E-state index in [4.69, 9.17) is 4.74 Å². The van der Waals surface area contributed by atoms with Crippen LogP contribution in [0.1, 0.15) is 31.2 Å². The van der Waals surface area contributed by atoms with Crippen LogP contribution in [0.2, 0.25) is 0 Å². The van der Waals surface area contributed by atoms with Crippen molar-refractivity contribution in [2.45, 2.75) is 38.1 Å². The maximum Gasteiger partial charge on any atom is 0.227 e. The number of nitrogens with zero attached hydrogens (tertiary/aromatic N) is 3. The van der Waals surface area contributed by atoms with E-state index in [-0.39, 0.29) is 36.0 Å². The third-order valence-corrected chi connectivity index (χ3v) is 6.43. The molecule has 2 heterocycles. The minimum Gasteiger partial charge on any atom is -0.379 e. The van der Waals surface area contributed by atoms with Gasteiger partial charge in [-0.2, -0.15) is 0 Å². The lowest BCUT2D eigenvalue weighted by Gasteiger charge is -2.40. The van der Waals surface area contributed by atoms with Gasteiger partial charge in [-0.05, 0) is 43.4 Å². The van der Waals surface area contributed by atoms with Gasteiger partial charge < -0.3 is 14.5 Å². The van der Waals surface area contributed by atoms with Crippen LogP contribution in [-0.4, -0.2) is 85.0 Å². The highest BCUT2D eigenvalue weighted by Gasteiger charge is 2.38. The Kier molecular flexibility index (Phi) is 7.00. The molecule has 3 aliphatic rings. The van der Waals surface area contributed by atoms with Crippen LogP contribution in [0.5, 0.6) is 0 Å². The molecule has 0 spiro atoms. The molecular weight excluding hydrogens is 385 g/mol. The Bertz CT molecular complexity index is 732. The summed E-state index contributed by atoms with van der Waals surface area (Å²) in [5.74, 6) is 0.207. The zero-order chi connectivity index (χ0) is 20.9. The summed E-state index contributed by atoms with van der Waals surface area (Å²) >= 11 is 0. The Morgan fingerprint density at radius 3 is 2.50 bits per heavy atom. The lowest BCUT2D eigenvalue weighted by Crippen LogP contribution is -2.54. The van der Waals surface area contributed by atoms with E-state index >= 15 is 0 Å². The standard InChI is InChI=1S/C23H32FN3O3/c24-20-7-3-18(4-8-20)16-22(28)26-9-1-2-21(17-26)27(23(29)19-5-6-19)11-10-25-12-14-30-15-13-25/h3-4,7-8,19,21H,1-2,5-6,9-17H2. The summed E-state index contributed by atoms with van der Waals surface area (Å²) in [6.45, 7) is 6.25. The first-order valence-electron chi connectivity index (χ1n) is 11.2. The van der Waals surface area contributed by atoms with Gasteiger partial charge in [-0.15, -0.1) is 0 Å². The highest BCUT2D eigenvalue weighted by Crippen LogP contribution is 2.32. The Morgan fingerprint density at radius 1 is 1.07 bits per heavy atom. The molecule has 2 amide bonds. The first kappa shape index (κ1) is 21.2. The number of morpholine rings is 1. The number of hydrogen-bond acceptors (Lipinski definition) is 4. The van der Waals surface area contributed by atoms with E-state index in [0.717, 1.165) is 77.2 Å². The van der Waals surface area contributed by atoms with Crippen molar-refractivity contribution in [2.75, 3.05) is 52.5 Å². The fourth-order valence-electron chi connectivity index (χ4n) is 4.44. The minimum atomic E-state index is -0.293. The zero-order valence-electron chi connectivity index (χ0n) is 17.6. The van der Waals surface area contributed by atoms with Gasteiger partial charge in [0.1, 0.15) is 5.82 Å². The fraction of sp³-hybridized carbons (Fsp3) is 0.652. The number of benzene rings is 1. The molecule has 0 N–H and O–H groups in total. The molecule has 164 valence electrons. The Balaban J connectivity index is 1.36. The van der Waals surface area contributed by atoms with E-state index in [1.165, 1.54) is 12.1 Å². The summed E-state index contributed by atoms with van der Waals surface area (Å²) in [6.07, 6.45) is 4.12. The molecule has 1 unspecified atom stereocenters. The highest BCUT2D eigenvalue weighted by atomic mass is 19.1. The second-order valence-electron chi connectivity index (χ2n) is 8.70. The number of halogens is 1. The fourth-order valence-corrected chi connectivity index (χ4v) is 4.44. The van der Waals surface area contributed by atoms with Gasteiger partial charge in [-0.1, -0.05) is 12.1 Å². The van der Waals surface area contributed by atoms with Gasteiger partial charge in [-0.3, -0.25) is 14.5 Å². The molecule has 1 aliphatic carbocycles. The molecule has 6 nitrogen and oxygen atoms in total. The monoisotopic (exact) mass is 417 g/mol. The second kappa shape index (κ2) is 9.88. The normalized spacial score (nSPS) is 22.7. The summed E-state index contributed by atoms with van der Waals surface area (Å²) in [7, 11) is 0. The number of piperidine rings is 1. The van der Waals surface area contributed by atoms with Crippen molar-refractivity contribution in [1.82, 2.24) is 14.7 Å². The molecular formula is C23H32FN3O3. The smallest absolute Gasteiger partial charge is 0.227 e. The number of likely N-dealkylation sites (tertiary alicyclic amines) is 1. The summed E-state index contributed by atoms with van der Waals surface area (Å²) in [6, 6.07) is 6.21. The quantitative estimate of drug-likeness (QED) is 0.680. The molecule has 1 aromatic rings. The van der Waals surface area contributed by atoms with Crippen molar-refractivity contribution < 1.29 is 18.7 Å². The Morgan fingerprint density at radius 2 is 1.80 bits per heavy atom. The highest BCUT2D eigenvalue weighted by molar-refractivity contribution is 5.82. The van der Waals surface area contributed by atoms with Crippen molar-refractivity contribution >= 4 is 11.8 Å². The maximum absolute atomic E-state index is 13.1. The molecule has 0 radical (unpaired) electrons. The predicted molar refractivity (Wildman–Crippen MR) is 111 cm³/mol. The third-order valence-electron chi connectivity index (χ3n) is 6.43. The van der Waals surface area contributed by atoms with Crippen LogP contribution in [-0.2, 0) is 20.7 Å². The van der Waals surface area contributed by atoms with Crippen molar-refractivity contribution in [2.24, 2.45) is 5.92 Å². The molecule has 30 heavy (non-hydrogen) atoms. The van der Waals surface area contributed by atoms with Gasteiger partial charge in [0.05, 0.1) is 19.6 Å².